The van der Waals surface area contributed by atoms with E-state index in [1.807, 2.05) is 30.7 Å². The first kappa shape index (κ1) is 13.2. The minimum Gasteiger partial charge on any atom is -0.387 e. The van der Waals surface area contributed by atoms with Gasteiger partial charge < -0.3 is 10.4 Å². The lowest BCUT2D eigenvalue weighted by molar-refractivity contribution is 0.174. The Balaban J connectivity index is 2.20. The van der Waals surface area contributed by atoms with Crippen LogP contribution in [-0.4, -0.2) is 18.2 Å². The number of nitriles is 1. The SMILES string of the molecule is CC(C)(C#N)CCNCC(O)c1ccsc1. The van der Waals surface area contributed by atoms with Crippen molar-refractivity contribution in [2.75, 3.05) is 13.1 Å². The fourth-order valence-corrected chi connectivity index (χ4v) is 1.99. The van der Waals surface area contributed by atoms with E-state index in [2.05, 4.69) is 11.4 Å². The summed E-state index contributed by atoms with van der Waals surface area (Å²) in [7, 11) is 0. The van der Waals surface area contributed by atoms with Gasteiger partial charge in [0.2, 0.25) is 0 Å². The molecule has 3 nitrogen and oxygen atoms in total. The highest BCUT2D eigenvalue weighted by molar-refractivity contribution is 7.07. The maximum Gasteiger partial charge on any atom is 0.0922 e. The molecule has 16 heavy (non-hydrogen) atoms. The quantitative estimate of drug-likeness (QED) is 0.748. The fraction of sp³-hybridized carbons (Fsp3) is 0.583. The molecule has 0 bridgehead atoms. The van der Waals surface area contributed by atoms with Gasteiger partial charge in [-0.3, -0.25) is 0 Å². The van der Waals surface area contributed by atoms with E-state index in [4.69, 9.17) is 5.26 Å². The first-order valence-electron chi connectivity index (χ1n) is 5.37. The average Bonchev–Trinajstić information content (AvgIpc) is 2.77. The van der Waals surface area contributed by atoms with Crippen LogP contribution in [0.4, 0.5) is 0 Å². The second-order valence-electron chi connectivity index (χ2n) is 4.52. The van der Waals surface area contributed by atoms with Crippen LogP contribution >= 0.6 is 11.3 Å². The van der Waals surface area contributed by atoms with Gasteiger partial charge in [-0.05, 0) is 49.2 Å². The molecule has 4 heteroatoms. The van der Waals surface area contributed by atoms with Gasteiger partial charge in [0.25, 0.3) is 0 Å². The molecule has 1 atom stereocenters. The summed E-state index contributed by atoms with van der Waals surface area (Å²) in [5.74, 6) is 0. The number of nitrogens with one attached hydrogen (secondary N) is 1. The smallest absolute Gasteiger partial charge is 0.0922 e. The molecule has 0 radical (unpaired) electrons. The van der Waals surface area contributed by atoms with Crippen molar-refractivity contribution in [2.24, 2.45) is 5.41 Å². The molecule has 0 amide bonds. The molecular formula is C12H18N2OS. The zero-order valence-electron chi connectivity index (χ0n) is 9.73. The first-order valence-corrected chi connectivity index (χ1v) is 6.31. The lowest BCUT2D eigenvalue weighted by Crippen LogP contribution is -2.25. The van der Waals surface area contributed by atoms with Gasteiger partial charge in [0.05, 0.1) is 17.6 Å². The predicted octanol–water partition coefficient (Wildman–Crippen LogP) is 2.31. The lowest BCUT2D eigenvalue weighted by Gasteiger charge is -2.16. The number of aliphatic hydroxyl groups excluding tert-OH is 1. The third-order valence-corrected chi connectivity index (χ3v) is 3.20. The van der Waals surface area contributed by atoms with Gasteiger partial charge in [0, 0.05) is 6.54 Å². The summed E-state index contributed by atoms with van der Waals surface area (Å²) in [6.07, 6.45) is 0.344. The number of hydrogen-bond acceptors (Lipinski definition) is 4. The summed E-state index contributed by atoms with van der Waals surface area (Å²) in [5.41, 5.74) is 0.664. The monoisotopic (exact) mass is 238 g/mol. The molecule has 0 aromatic carbocycles. The molecule has 0 saturated carbocycles. The van der Waals surface area contributed by atoms with Crippen LogP contribution in [0.2, 0.25) is 0 Å². The first-order chi connectivity index (χ1) is 7.55. The largest absolute Gasteiger partial charge is 0.387 e. The molecule has 0 fully saturated rings. The van der Waals surface area contributed by atoms with Crippen LogP contribution in [0.15, 0.2) is 16.8 Å². The Hall–Kier alpha value is -0.890. The zero-order valence-corrected chi connectivity index (χ0v) is 10.5. The highest BCUT2D eigenvalue weighted by Crippen LogP contribution is 2.18. The molecule has 1 aromatic heterocycles. The number of nitrogens with zero attached hydrogens (tertiary/aromatic N) is 1. The Kier molecular flexibility index (Phi) is 4.94. The fourth-order valence-electron chi connectivity index (χ4n) is 1.28. The summed E-state index contributed by atoms with van der Waals surface area (Å²) in [6.45, 7) is 5.13. The van der Waals surface area contributed by atoms with Gasteiger partial charge >= 0.3 is 0 Å². The molecule has 0 saturated heterocycles. The van der Waals surface area contributed by atoms with E-state index in [0.29, 0.717) is 6.54 Å². The van der Waals surface area contributed by atoms with Crippen LogP contribution in [0.1, 0.15) is 31.9 Å². The number of hydrogen-bond donors (Lipinski definition) is 2. The molecule has 0 aliphatic rings. The molecular weight excluding hydrogens is 220 g/mol. The van der Waals surface area contributed by atoms with Gasteiger partial charge in [-0.1, -0.05) is 0 Å². The van der Waals surface area contributed by atoms with Crippen LogP contribution in [0.5, 0.6) is 0 Å². The maximum absolute atomic E-state index is 9.78. The second-order valence-corrected chi connectivity index (χ2v) is 5.30. The summed E-state index contributed by atoms with van der Waals surface area (Å²) in [4.78, 5) is 0. The minimum absolute atomic E-state index is 0.291. The van der Waals surface area contributed by atoms with Crippen molar-refractivity contribution in [3.05, 3.63) is 22.4 Å². The standard InChI is InChI=1S/C12H18N2OS/c1-12(2,9-13)4-5-14-7-11(15)10-3-6-16-8-10/h3,6,8,11,14-15H,4-5,7H2,1-2H3. The number of rotatable bonds is 6. The van der Waals surface area contributed by atoms with Crippen molar-refractivity contribution < 1.29 is 5.11 Å². The summed E-state index contributed by atoms with van der Waals surface area (Å²) in [6, 6.07) is 4.18. The Morgan fingerprint density at radius 3 is 2.94 bits per heavy atom. The molecule has 0 aliphatic heterocycles. The second kappa shape index (κ2) is 6.00. The molecule has 1 aromatic rings. The van der Waals surface area contributed by atoms with E-state index < -0.39 is 6.10 Å². The highest BCUT2D eigenvalue weighted by Gasteiger charge is 2.16. The minimum atomic E-state index is -0.448. The van der Waals surface area contributed by atoms with E-state index in [0.717, 1.165) is 18.5 Å². The van der Waals surface area contributed by atoms with E-state index in [-0.39, 0.29) is 5.41 Å². The Bertz CT molecular complexity index is 340. The Labute approximate surface area is 101 Å². The third kappa shape index (κ3) is 4.31. The third-order valence-electron chi connectivity index (χ3n) is 2.50. The van der Waals surface area contributed by atoms with E-state index in [1.54, 1.807) is 11.3 Å². The molecule has 2 N–H and O–H groups in total. The van der Waals surface area contributed by atoms with E-state index in [1.165, 1.54) is 0 Å². The molecule has 1 unspecified atom stereocenters. The molecule has 0 aliphatic carbocycles. The van der Waals surface area contributed by atoms with Crippen molar-refractivity contribution in [3.63, 3.8) is 0 Å². The van der Waals surface area contributed by atoms with Crippen molar-refractivity contribution in [2.45, 2.75) is 26.4 Å². The zero-order chi connectivity index (χ0) is 12.0. The number of thiophene rings is 1. The van der Waals surface area contributed by atoms with E-state index >= 15 is 0 Å². The maximum atomic E-state index is 9.78. The Morgan fingerprint density at radius 1 is 1.62 bits per heavy atom. The molecule has 1 heterocycles. The van der Waals surface area contributed by atoms with Crippen LogP contribution in [-0.2, 0) is 0 Å². The molecule has 1 rings (SSSR count). The van der Waals surface area contributed by atoms with Gasteiger partial charge in [-0.25, -0.2) is 0 Å². The van der Waals surface area contributed by atoms with Crippen molar-refractivity contribution in [1.82, 2.24) is 5.32 Å². The van der Waals surface area contributed by atoms with Crippen LogP contribution in [0, 0.1) is 16.7 Å². The average molecular weight is 238 g/mol. The normalized spacial score (nSPS) is 13.4. The summed E-state index contributed by atoms with van der Waals surface area (Å²) >= 11 is 1.58. The van der Waals surface area contributed by atoms with Crippen LogP contribution in [0.25, 0.3) is 0 Å². The van der Waals surface area contributed by atoms with Crippen LogP contribution in [0.3, 0.4) is 0 Å². The molecule has 0 spiro atoms. The number of aliphatic hydroxyl groups is 1. The molecule has 88 valence electrons. The highest BCUT2D eigenvalue weighted by atomic mass is 32.1. The van der Waals surface area contributed by atoms with Gasteiger partial charge in [-0.2, -0.15) is 16.6 Å². The van der Waals surface area contributed by atoms with Gasteiger partial charge in [0.1, 0.15) is 0 Å². The topological polar surface area (TPSA) is 56.0 Å². The lowest BCUT2D eigenvalue weighted by atomic mass is 9.91. The van der Waals surface area contributed by atoms with Gasteiger partial charge in [0.15, 0.2) is 0 Å². The summed E-state index contributed by atoms with van der Waals surface area (Å²) < 4.78 is 0. The van der Waals surface area contributed by atoms with Gasteiger partial charge in [-0.15, -0.1) is 0 Å². The van der Waals surface area contributed by atoms with Crippen molar-refractivity contribution in [1.29, 1.82) is 5.26 Å². The van der Waals surface area contributed by atoms with E-state index in [9.17, 15) is 5.11 Å². The Morgan fingerprint density at radius 2 is 2.38 bits per heavy atom. The summed E-state index contributed by atoms with van der Waals surface area (Å²) in [5, 5.41) is 25.7. The predicted molar refractivity (Wildman–Crippen MR) is 66.2 cm³/mol. The van der Waals surface area contributed by atoms with Crippen LogP contribution < -0.4 is 5.32 Å². The van der Waals surface area contributed by atoms with Crippen molar-refractivity contribution >= 4 is 11.3 Å². The van der Waals surface area contributed by atoms with Crippen molar-refractivity contribution in [3.8, 4) is 6.07 Å².